The van der Waals surface area contributed by atoms with Crippen molar-refractivity contribution < 1.29 is 4.79 Å². The van der Waals surface area contributed by atoms with Crippen molar-refractivity contribution in [3.05, 3.63) is 118 Å². The number of primary amides is 1. The molecule has 2 aromatic carbocycles. The van der Waals surface area contributed by atoms with Gasteiger partial charge in [0.1, 0.15) is 17.4 Å². The zero-order valence-electron chi connectivity index (χ0n) is 19.2. The summed E-state index contributed by atoms with van der Waals surface area (Å²) < 4.78 is 5.75. The summed E-state index contributed by atoms with van der Waals surface area (Å²) in [6.07, 6.45) is 6.97. The van der Waals surface area contributed by atoms with Gasteiger partial charge in [-0.3, -0.25) is 9.36 Å². The number of aromatic nitrogens is 4. The number of carbonyl (C=O) groups excluding carboxylic acids is 1. The summed E-state index contributed by atoms with van der Waals surface area (Å²) in [7, 11) is 0. The molecule has 0 fully saturated rings. The second-order valence-electron chi connectivity index (χ2n) is 8.01. The highest BCUT2D eigenvalue weighted by molar-refractivity contribution is 9.10. The number of amides is 1. The van der Waals surface area contributed by atoms with Gasteiger partial charge >= 0.3 is 0 Å². The Morgan fingerprint density at radius 3 is 1.86 bits per heavy atom. The molecule has 4 heterocycles. The molecule has 0 aliphatic rings. The van der Waals surface area contributed by atoms with Crippen LogP contribution in [0.4, 0.5) is 0 Å². The molecule has 6 aromatic rings. The first-order valence-corrected chi connectivity index (χ1v) is 12.7. The molecule has 0 radical (unpaired) electrons. The van der Waals surface area contributed by atoms with Gasteiger partial charge in [-0.1, -0.05) is 44.0 Å². The summed E-state index contributed by atoms with van der Waals surface area (Å²) in [5.74, 6) is -0.452. The van der Waals surface area contributed by atoms with E-state index in [2.05, 4.69) is 47.9 Å². The fraction of sp³-hybridized carbons (Fsp3) is 0. The second-order valence-corrected chi connectivity index (χ2v) is 9.84. The van der Waals surface area contributed by atoms with Crippen molar-refractivity contribution in [2.75, 3.05) is 0 Å². The van der Waals surface area contributed by atoms with Crippen molar-refractivity contribution >= 4 is 59.8 Å². The number of nitrogens with zero attached hydrogens (tertiary/aromatic N) is 5. The minimum absolute atomic E-state index is 0.452. The number of nitrogens with two attached hydrogens (primary N) is 1. The molecule has 2 N–H and O–H groups in total. The summed E-state index contributed by atoms with van der Waals surface area (Å²) in [5, 5.41) is 10.8. The van der Waals surface area contributed by atoms with E-state index in [1.807, 2.05) is 82.1 Å². The lowest BCUT2D eigenvalue weighted by atomic mass is 10.2. The molecule has 0 saturated heterocycles. The first kappa shape index (κ1) is 24.4. The van der Waals surface area contributed by atoms with Crippen LogP contribution >= 0.6 is 31.9 Å². The molecule has 0 spiro atoms. The van der Waals surface area contributed by atoms with Crippen LogP contribution in [0.5, 0.6) is 0 Å². The topological polar surface area (TPSA) is 103 Å². The summed E-state index contributed by atoms with van der Waals surface area (Å²) in [5.41, 5.74) is 9.94. The van der Waals surface area contributed by atoms with Crippen LogP contribution in [0.3, 0.4) is 0 Å². The number of hydrogen-bond acceptors (Lipinski definition) is 4. The van der Waals surface area contributed by atoms with E-state index in [4.69, 9.17) is 11.0 Å². The number of benzene rings is 2. The van der Waals surface area contributed by atoms with Gasteiger partial charge in [0.15, 0.2) is 0 Å². The van der Waals surface area contributed by atoms with Crippen molar-refractivity contribution in [1.82, 2.24) is 19.1 Å². The predicted octanol–water partition coefficient (Wildman–Crippen LogP) is 6.55. The lowest BCUT2D eigenvalue weighted by Gasteiger charge is -2.04. The number of nitriles is 1. The highest BCUT2D eigenvalue weighted by atomic mass is 79.9. The Balaban J connectivity index is 0.000000152. The Kier molecular flexibility index (Phi) is 6.86. The first-order chi connectivity index (χ1) is 18.0. The average Bonchev–Trinajstić information content (AvgIpc) is 3.48. The Bertz CT molecular complexity index is 1820. The van der Waals surface area contributed by atoms with E-state index >= 15 is 0 Å². The van der Waals surface area contributed by atoms with Crippen LogP contribution in [0.25, 0.3) is 33.4 Å². The van der Waals surface area contributed by atoms with Gasteiger partial charge in [0.2, 0.25) is 0 Å². The molecule has 0 bridgehead atoms. The fourth-order valence-corrected chi connectivity index (χ4v) is 4.82. The first-order valence-electron chi connectivity index (χ1n) is 11.1. The maximum Gasteiger partial charge on any atom is 0.250 e. The van der Waals surface area contributed by atoms with Crippen molar-refractivity contribution in [3.8, 4) is 17.4 Å². The predicted molar refractivity (Wildman–Crippen MR) is 151 cm³/mol. The maximum absolute atomic E-state index is 11.5. The molecule has 0 atom stereocenters. The number of carbonyl (C=O) groups is 1. The van der Waals surface area contributed by atoms with Gasteiger partial charge in [-0.05, 0) is 60.7 Å². The van der Waals surface area contributed by atoms with Gasteiger partial charge in [-0.2, -0.15) is 5.26 Å². The molecule has 1 amide bonds. The number of fused-ring (bicyclic) bond motifs is 2. The minimum Gasteiger partial charge on any atom is -0.366 e. The van der Waals surface area contributed by atoms with Crippen LogP contribution in [0, 0.1) is 11.3 Å². The smallest absolute Gasteiger partial charge is 0.250 e. The Morgan fingerprint density at radius 2 is 1.32 bits per heavy atom. The summed E-state index contributed by atoms with van der Waals surface area (Å²) in [4.78, 5) is 20.2. The fourth-order valence-electron chi connectivity index (χ4n) is 4.05. The number of rotatable bonds is 3. The SMILES string of the molecule is N#Cc1cn(-c2cccc(Br)c2)c2ncccc12.NC(=O)c1cn(-c2cccc(Br)c2)c2ncccc12. The lowest BCUT2D eigenvalue weighted by Crippen LogP contribution is -2.10. The van der Waals surface area contributed by atoms with E-state index in [0.717, 1.165) is 42.4 Å². The summed E-state index contributed by atoms with van der Waals surface area (Å²) in [6.45, 7) is 0. The number of hydrogen-bond donors (Lipinski definition) is 1. The van der Waals surface area contributed by atoms with E-state index in [9.17, 15) is 4.79 Å². The zero-order valence-corrected chi connectivity index (χ0v) is 22.4. The molecule has 0 unspecified atom stereocenters. The van der Waals surface area contributed by atoms with E-state index < -0.39 is 5.91 Å². The molecule has 180 valence electrons. The van der Waals surface area contributed by atoms with Crippen LogP contribution in [-0.4, -0.2) is 25.0 Å². The molecule has 0 saturated carbocycles. The van der Waals surface area contributed by atoms with E-state index in [-0.39, 0.29) is 0 Å². The molecule has 6 rings (SSSR count). The molecular weight excluding hydrogens is 596 g/mol. The minimum atomic E-state index is -0.452. The molecule has 9 heteroatoms. The van der Waals surface area contributed by atoms with Gasteiger partial charge in [0, 0.05) is 55.9 Å². The average molecular weight is 614 g/mol. The second kappa shape index (κ2) is 10.4. The molecule has 0 aliphatic heterocycles. The van der Waals surface area contributed by atoms with E-state index in [1.54, 1.807) is 24.7 Å². The molecule has 4 aromatic heterocycles. The van der Waals surface area contributed by atoms with Crippen LogP contribution in [0.1, 0.15) is 15.9 Å². The number of pyridine rings is 2. The van der Waals surface area contributed by atoms with Crippen LogP contribution in [0.15, 0.2) is 107 Å². The third-order valence-corrected chi connectivity index (χ3v) is 6.67. The van der Waals surface area contributed by atoms with Crippen molar-refractivity contribution in [2.45, 2.75) is 0 Å². The van der Waals surface area contributed by atoms with Crippen LogP contribution in [-0.2, 0) is 0 Å². The van der Waals surface area contributed by atoms with Crippen molar-refractivity contribution in [1.29, 1.82) is 5.26 Å². The monoisotopic (exact) mass is 612 g/mol. The van der Waals surface area contributed by atoms with Crippen LogP contribution < -0.4 is 5.73 Å². The van der Waals surface area contributed by atoms with Gasteiger partial charge < -0.3 is 10.3 Å². The molecule has 37 heavy (non-hydrogen) atoms. The normalized spacial score (nSPS) is 10.6. The molecule has 0 aliphatic carbocycles. The van der Waals surface area contributed by atoms with Gasteiger partial charge in [0.25, 0.3) is 5.91 Å². The maximum atomic E-state index is 11.5. The summed E-state index contributed by atoms with van der Waals surface area (Å²) >= 11 is 6.88. The van der Waals surface area contributed by atoms with Crippen LogP contribution in [0.2, 0.25) is 0 Å². The Hall–Kier alpha value is -4.26. The summed E-state index contributed by atoms with van der Waals surface area (Å²) in [6, 6.07) is 25.3. The largest absolute Gasteiger partial charge is 0.366 e. The highest BCUT2D eigenvalue weighted by Gasteiger charge is 2.14. The third kappa shape index (κ3) is 4.89. The van der Waals surface area contributed by atoms with Gasteiger partial charge in [-0.15, -0.1) is 0 Å². The standard InChI is InChI=1S/C14H10BrN3O.C14H8BrN3/c15-9-3-1-4-10(7-9)18-8-12(13(16)19)11-5-2-6-17-14(11)18;15-11-3-1-4-12(7-11)18-9-10(8-16)13-5-2-6-17-14(13)18/h1-8H,(H2,16,19);1-7,9H. The number of halogens is 2. The van der Waals surface area contributed by atoms with E-state index in [1.165, 1.54) is 0 Å². The Labute approximate surface area is 229 Å². The third-order valence-electron chi connectivity index (χ3n) is 5.69. The lowest BCUT2D eigenvalue weighted by molar-refractivity contribution is 0.100. The van der Waals surface area contributed by atoms with Crippen molar-refractivity contribution in [2.24, 2.45) is 5.73 Å². The van der Waals surface area contributed by atoms with Crippen molar-refractivity contribution in [3.63, 3.8) is 0 Å². The molecular formula is C28H18Br2N6O. The van der Waals surface area contributed by atoms with Gasteiger partial charge in [-0.25, -0.2) is 9.97 Å². The quantitative estimate of drug-likeness (QED) is 0.244. The van der Waals surface area contributed by atoms with Gasteiger partial charge in [0.05, 0.1) is 11.1 Å². The molecule has 7 nitrogen and oxygen atoms in total. The highest BCUT2D eigenvalue weighted by Crippen LogP contribution is 2.25. The zero-order chi connectivity index (χ0) is 25.9. The Morgan fingerprint density at radius 1 is 0.784 bits per heavy atom. The van der Waals surface area contributed by atoms with E-state index in [0.29, 0.717) is 11.1 Å².